The molecular formula is C12H18O2. The van der Waals surface area contributed by atoms with E-state index in [1.54, 1.807) is 7.11 Å². The van der Waals surface area contributed by atoms with Gasteiger partial charge in [-0.1, -0.05) is 24.3 Å². The minimum Gasteiger partial charge on any atom is -0.393 e. The summed E-state index contributed by atoms with van der Waals surface area (Å²) in [5.74, 6) is 0. The summed E-state index contributed by atoms with van der Waals surface area (Å²) in [5.41, 5.74) is 2.45. The molecule has 1 aromatic carbocycles. The van der Waals surface area contributed by atoms with E-state index in [2.05, 4.69) is 18.2 Å². The van der Waals surface area contributed by atoms with E-state index in [1.807, 2.05) is 13.0 Å². The Bertz CT molecular complexity index is 269. The Labute approximate surface area is 85.5 Å². The van der Waals surface area contributed by atoms with Gasteiger partial charge in [-0.05, 0) is 30.9 Å². The van der Waals surface area contributed by atoms with Gasteiger partial charge in [-0.3, -0.25) is 0 Å². The van der Waals surface area contributed by atoms with Crippen LogP contribution >= 0.6 is 0 Å². The Morgan fingerprint density at radius 3 is 2.71 bits per heavy atom. The molecule has 1 unspecified atom stereocenters. The molecule has 14 heavy (non-hydrogen) atoms. The maximum Gasteiger partial charge on any atom is 0.0713 e. The quantitative estimate of drug-likeness (QED) is 0.778. The Kier molecular flexibility index (Phi) is 4.63. The smallest absolute Gasteiger partial charge is 0.0713 e. The second-order valence-corrected chi connectivity index (χ2v) is 3.64. The van der Waals surface area contributed by atoms with Crippen LogP contribution < -0.4 is 0 Å². The average Bonchev–Trinajstić information content (AvgIpc) is 2.16. The summed E-state index contributed by atoms with van der Waals surface area (Å²) in [6, 6.07) is 8.30. The highest BCUT2D eigenvalue weighted by molar-refractivity contribution is 5.23. The number of hydrogen-bond donors (Lipinski definition) is 1. The van der Waals surface area contributed by atoms with Crippen molar-refractivity contribution in [2.45, 2.75) is 32.5 Å². The summed E-state index contributed by atoms with van der Waals surface area (Å²) in [4.78, 5) is 0. The molecule has 0 aliphatic rings. The Morgan fingerprint density at radius 1 is 1.36 bits per heavy atom. The van der Waals surface area contributed by atoms with Crippen molar-refractivity contribution in [3.05, 3.63) is 35.4 Å². The summed E-state index contributed by atoms with van der Waals surface area (Å²) in [5, 5.41) is 9.16. The van der Waals surface area contributed by atoms with E-state index in [4.69, 9.17) is 9.84 Å². The molecule has 0 fully saturated rings. The van der Waals surface area contributed by atoms with Gasteiger partial charge in [0.05, 0.1) is 12.7 Å². The summed E-state index contributed by atoms with van der Waals surface area (Å²) < 4.78 is 5.06. The molecule has 1 N–H and O–H groups in total. The summed E-state index contributed by atoms with van der Waals surface area (Å²) >= 11 is 0. The molecule has 1 aromatic rings. The molecule has 0 aromatic heterocycles. The van der Waals surface area contributed by atoms with Crippen molar-refractivity contribution in [1.29, 1.82) is 0 Å². The van der Waals surface area contributed by atoms with Crippen LogP contribution in [0.4, 0.5) is 0 Å². The predicted octanol–water partition coefficient (Wildman–Crippen LogP) is 2.15. The number of rotatable bonds is 5. The monoisotopic (exact) mass is 194 g/mol. The minimum atomic E-state index is -0.221. The number of ether oxygens (including phenoxy) is 1. The lowest BCUT2D eigenvalue weighted by Crippen LogP contribution is -2.01. The molecular weight excluding hydrogens is 176 g/mol. The third-order valence-corrected chi connectivity index (χ3v) is 2.15. The molecule has 0 radical (unpaired) electrons. The lowest BCUT2D eigenvalue weighted by atomic mass is 10.1. The number of aliphatic hydroxyl groups is 1. The predicted molar refractivity (Wildman–Crippen MR) is 57.2 cm³/mol. The molecule has 0 heterocycles. The first-order chi connectivity index (χ1) is 6.72. The second kappa shape index (κ2) is 5.78. The van der Waals surface area contributed by atoms with E-state index >= 15 is 0 Å². The molecule has 0 saturated carbocycles. The van der Waals surface area contributed by atoms with Crippen molar-refractivity contribution in [3.63, 3.8) is 0 Å². The van der Waals surface area contributed by atoms with Crippen LogP contribution in [0.25, 0.3) is 0 Å². The fourth-order valence-corrected chi connectivity index (χ4v) is 1.42. The third kappa shape index (κ3) is 3.90. The number of benzene rings is 1. The van der Waals surface area contributed by atoms with Gasteiger partial charge in [-0.15, -0.1) is 0 Å². The fourth-order valence-electron chi connectivity index (χ4n) is 1.42. The van der Waals surface area contributed by atoms with E-state index in [0.717, 1.165) is 12.8 Å². The van der Waals surface area contributed by atoms with Gasteiger partial charge in [-0.25, -0.2) is 0 Å². The highest BCUT2D eigenvalue weighted by atomic mass is 16.5. The maximum absolute atomic E-state index is 9.16. The van der Waals surface area contributed by atoms with E-state index in [1.165, 1.54) is 11.1 Å². The van der Waals surface area contributed by atoms with Crippen molar-refractivity contribution >= 4 is 0 Å². The SMILES string of the molecule is COCc1cccc(CCC(C)O)c1. The largest absolute Gasteiger partial charge is 0.393 e. The average molecular weight is 194 g/mol. The zero-order chi connectivity index (χ0) is 10.4. The van der Waals surface area contributed by atoms with Crippen molar-refractivity contribution in [3.8, 4) is 0 Å². The molecule has 2 nitrogen and oxygen atoms in total. The Hall–Kier alpha value is -0.860. The van der Waals surface area contributed by atoms with Gasteiger partial charge < -0.3 is 9.84 Å². The van der Waals surface area contributed by atoms with Crippen LogP contribution in [0.5, 0.6) is 0 Å². The van der Waals surface area contributed by atoms with Crippen LogP contribution in [0, 0.1) is 0 Å². The number of hydrogen-bond acceptors (Lipinski definition) is 2. The zero-order valence-corrected chi connectivity index (χ0v) is 8.86. The number of aliphatic hydroxyl groups excluding tert-OH is 1. The van der Waals surface area contributed by atoms with E-state index < -0.39 is 0 Å². The lowest BCUT2D eigenvalue weighted by molar-refractivity contribution is 0.183. The van der Waals surface area contributed by atoms with Crippen LogP contribution in [0.15, 0.2) is 24.3 Å². The molecule has 0 spiro atoms. The molecule has 2 heteroatoms. The maximum atomic E-state index is 9.16. The van der Waals surface area contributed by atoms with E-state index in [0.29, 0.717) is 6.61 Å². The zero-order valence-electron chi connectivity index (χ0n) is 8.86. The first kappa shape index (κ1) is 11.2. The van der Waals surface area contributed by atoms with Gasteiger partial charge in [0.25, 0.3) is 0 Å². The van der Waals surface area contributed by atoms with Crippen molar-refractivity contribution < 1.29 is 9.84 Å². The van der Waals surface area contributed by atoms with E-state index in [-0.39, 0.29) is 6.10 Å². The summed E-state index contributed by atoms with van der Waals surface area (Å²) in [6.07, 6.45) is 1.52. The molecule has 0 aliphatic carbocycles. The van der Waals surface area contributed by atoms with Gasteiger partial charge >= 0.3 is 0 Å². The summed E-state index contributed by atoms with van der Waals surface area (Å²) in [7, 11) is 1.70. The molecule has 78 valence electrons. The first-order valence-corrected chi connectivity index (χ1v) is 4.97. The lowest BCUT2D eigenvalue weighted by Gasteiger charge is -2.06. The topological polar surface area (TPSA) is 29.5 Å². The van der Waals surface area contributed by atoms with E-state index in [9.17, 15) is 0 Å². The van der Waals surface area contributed by atoms with Crippen molar-refractivity contribution in [2.75, 3.05) is 7.11 Å². The molecule has 0 bridgehead atoms. The first-order valence-electron chi connectivity index (χ1n) is 4.97. The van der Waals surface area contributed by atoms with Crippen LogP contribution in [-0.4, -0.2) is 18.3 Å². The Morgan fingerprint density at radius 2 is 2.07 bits per heavy atom. The second-order valence-electron chi connectivity index (χ2n) is 3.64. The van der Waals surface area contributed by atoms with Crippen molar-refractivity contribution in [1.82, 2.24) is 0 Å². The number of aryl methyl sites for hydroxylation is 1. The molecule has 0 amide bonds. The molecule has 0 saturated heterocycles. The molecule has 1 atom stereocenters. The third-order valence-electron chi connectivity index (χ3n) is 2.15. The molecule has 0 aliphatic heterocycles. The highest BCUT2D eigenvalue weighted by Gasteiger charge is 1.99. The van der Waals surface area contributed by atoms with Crippen molar-refractivity contribution in [2.24, 2.45) is 0 Å². The Balaban J connectivity index is 2.54. The van der Waals surface area contributed by atoms with Gasteiger partial charge in [-0.2, -0.15) is 0 Å². The highest BCUT2D eigenvalue weighted by Crippen LogP contribution is 2.09. The fraction of sp³-hybridized carbons (Fsp3) is 0.500. The van der Waals surface area contributed by atoms with Gasteiger partial charge in [0.15, 0.2) is 0 Å². The molecule has 1 rings (SSSR count). The van der Waals surface area contributed by atoms with Crippen LogP contribution in [0.1, 0.15) is 24.5 Å². The summed E-state index contributed by atoms with van der Waals surface area (Å²) in [6.45, 7) is 2.47. The normalized spacial score (nSPS) is 12.8. The van der Waals surface area contributed by atoms with Crippen LogP contribution in [0.2, 0.25) is 0 Å². The van der Waals surface area contributed by atoms with Gasteiger partial charge in [0, 0.05) is 7.11 Å². The van der Waals surface area contributed by atoms with Crippen LogP contribution in [-0.2, 0) is 17.8 Å². The number of methoxy groups -OCH3 is 1. The van der Waals surface area contributed by atoms with Crippen LogP contribution in [0.3, 0.4) is 0 Å². The standard InChI is InChI=1S/C12H18O2/c1-10(13)6-7-11-4-3-5-12(8-11)9-14-2/h3-5,8,10,13H,6-7,9H2,1-2H3. The van der Waals surface area contributed by atoms with Gasteiger partial charge in [0.2, 0.25) is 0 Å². The minimum absolute atomic E-state index is 0.221. The van der Waals surface area contributed by atoms with Gasteiger partial charge in [0.1, 0.15) is 0 Å².